The quantitative estimate of drug-likeness (QED) is 0.384. The molecule has 13 heteroatoms. The number of carbonyl (C=O) groups excluding carboxylic acids is 4. The number of benzene rings is 2. The third-order valence-corrected chi connectivity index (χ3v) is 8.24. The summed E-state index contributed by atoms with van der Waals surface area (Å²) in [7, 11) is -4.22. The Hall–Kier alpha value is -3.35. The number of hydrogen-bond donors (Lipinski definition) is 1. The van der Waals surface area contributed by atoms with Crippen LogP contribution in [0.3, 0.4) is 0 Å². The molecule has 2 saturated heterocycles. The van der Waals surface area contributed by atoms with Gasteiger partial charge in [0.15, 0.2) is 5.75 Å². The van der Waals surface area contributed by atoms with Crippen molar-refractivity contribution in [2.45, 2.75) is 31.1 Å². The molecule has 4 rings (SSSR count). The molecule has 4 amide bonds. The fraction of sp³-hybridized carbons (Fsp3) is 0.280. The normalized spacial score (nSPS) is 17.2. The number of nitrogens with one attached hydrogen (secondary N) is 1. The van der Waals surface area contributed by atoms with Crippen molar-refractivity contribution < 1.29 is 31.8 Å². The summed E-state index contributed by atoms with van der Waals surface area (Å²) in [5, 5.41) is 1.98. The van der Waals surface area contributed by atoms with E-state index in [2.05, 4.69) is 5.32 Å². The molecule has 0 aromatic heterocycles. The largest absolute Gasteiger partial charge is 0.377 e. The van der Waals surface area contributed by atoms with Gasteiger partial charge in [0.25, 0.3) is 11.1 Å². The summed E-state index contributed by atoms with van der Waals surface area (Å²) >= 11 is 6.97. The first-order valence-corrected chi connectivity index (χ1v) is 14.3. The first-order valence-electron chi connectivity index (χ1n) is 11.7. The number of amides is 4. The molecule has 0 bridgehead atoms. The monoisotopic (exact) mass is 577 g/mol. The van der Waals surface area contributed by atoms with Crippen LogP contribution in [0, 0.1) is 0 Å². The number of imide groups is 1. The molecule has 1 N–H and O–H groups in total. The van der Waals surface area contributed by atoms with Crippen LogP contribution in [0.15, 0.2) is 52.3 Å². The van der Waals surface area contributed by atoms with Gasteiger partial charge in [-0.3, -0.25) is 24.1 Å². The highest BCUT2D eigenvalue weighted by atomic mass is 35.5. The van der Waals surface area contributed by atoms with Gasteiger partial charge in [-0.2, -0.15) is 8.42 Å². The molecule has 0 atom stereocenters. The molecule has 0 aliphatic carbocycles. The van der Waals surface area contributed by atoms with Crippen LogP contribution in [0.4, 0.5) is 10.5 Å². The lowest BCUT2D eigenvalue weighted by atomic mass is 10.1. The van der Waals surface area contributed by atoms with Gasteiger partial charge in [0, 0.05) is 25.7 Å². The number of thioether (sulfide) groups is 1. The molecule has 2 aliphatic heterocycles. The van der Waals surface area contributed by atoms with E-state index in [0.717, 1.165) is 35.9 Å². The third kappa shape index (κ3) is 6.55. The lowest BCUT2D eigenvalue weighted by molar-refractivity contribution is -0.136. The number of piperidine rings is 1. The van der Waals surface area contributed by atoms with E-state index in [-0.39, 0.29) is 38.9 Å². The third-order valence-electron chi connectivity index (χ3n) is 5.79. The van der Waals surface area contributed by atoms with Crippen LogP contribution in [0.5, 0.6) is 5.75 Å². The average molecular weight is 578 g/mol. The molecule has 200 valence electrons. The van der Waals surface area contributed by atoms with Crippen LogP contribution in [-0.2, 0) is 24.5 Å². The molecule has 2 aliphatic rings. The number of nitrogens with zero attached hydrogens (tertiary/aromatic N) is 2. The van der Waals surface area contributed by atoms with E-state index < -0.39 is 21.3 Å². The molecule has 2 heterocycles. The summed E-state index contributed by atoms with van der Waals surface area (Å²) in [4.78, 5) is 51.5. The van der Waals surface area contributed by atoms with Crippen LogP contribution in [0.1, 0.15) is 31.7 Å². The van der Waals surface area contributed by atoms with Gasteiger partial charge in [-0.25, -0.2) is 0 Å². The number of anilines is 1. The van der Waals surface area contributed by atoms with Crippen LogP contribution < -0.4 is 9.50 Å². The Kier molecular flexibility index (Phi) is 8.44. The molecular weight excluding hydrogens is 554 g/mol. The second-order valence-electron chi connectivity index (χ2n) is 8.64. The summed E-state index contributed by atoms with van der Waals surface area (Å²) in [6.45, 7) is 2.27. The minimum absolute atomic E-state index is 0.0308. The van der Waals surface area contributed by atoms with Crippen molar-refractivity contribution >= 4 is 68.2 Å². The first kappa shape index (κ1) is 27.7. The van der Waals surface area contributed by atoms with Crippen molar-refractivity contribution in [2.24, 2.45) is 0 Å². The van der Waals surface area contributed by atoms with Gasteiger partial charge in [-0.05, 0) is 79.1 Å². The molecule has 0 radical (unpaired) electrons. The maximum atomic E-state index is 12.8. The number of carbonyl (C=O) groups is 4. The summed E-state index contributed by atoms with van der Waals surface area (Å²) in [5.41, 5.74) is 0.867. The lowest BCUT2D eigenvalue weighted by Gasteiger charge is -2.27. The maximum Gasteiger partial charge on any atom is 0.339 e. The zero-order chi connectivity index (χ0) is 27.4. The van der Waals surface area contributed by atoms with Crippen LogP contribution in [-0.4, -0.2) is 60.8 Å². The van der Waals surface area contributed by atoms with Gasteiger partial charge in [0.2, 0.25) is 11.8 Å². The SMILES string of the molecule is CC(=O)Nc1ccc(S(=O)(=O)Oc2ccc(/C=C3\SC(=O)N(CC(=O)N4CCCCC4)C3=O)cc2Cl)cc1. The molecule has 0 saturated carbocycles. The Labute approximate surface area is 229 Å². The van der Waals surface area contributed by atoms with E-state index in [4.69, 9.17) is 15.8 Å². The minimum Gasteiger partial charge on any atom is -0.377 e. The number of likely N-dealkylation sites (tertiary alicyclic amines) is 1. The Morgan fingerprint density at radius 2 is 1.76 bits per heavy atom. The molecule has 2 fully saturated rings. The van der Waals surface area contributed by atoms with Crippen molar-refractivity contribution in [3.8, 4) is 5.75 Å². The second-order valence-corrected chi connectivity index (χ2v) is 11.6. The zero-order valence-electron chi connectivity index (χ0n) is 20.3. The van der Waals surface area contributed by atoms with E-state index in [1.54, 1.807) is 4.90 Å². The molecule has 2 aromatic rings. The smallest absolute Gasteiger partial charge is 0.339 e. The van der Waals surface area contributed by atoms with E-state index in [0.29, 0.717) is 24.3 Å². The summed E-state index contributed by atoms with van der Waals surface area (Å²) < 4.78 is 30.5. The molecule has 10 nitrogen and oxygen atoms in total. The summed E-state index contributed by atoms with van der Waals surface area (Å²) in [6, 6.07) is 9.65. The van der Waals surface area contributed by atoms with E-state index >= 15 is 0 Å². The predicted octanol–water partition coefficient (Wildman–Crippen LogP) is 4.11. The topological polar surface area (TPSA) is 130 Å². The number of halogens is 1. The second kappa shape index (κ2) is 11.6. The van der Waals surface area contributed by atoms with Gasteiger partial charge in [-0.15, -0.1) is 0 Å². The van der Waals surface area contributed by atoms with E-state index in [9.17, 15) is 27.6 Å². The van der Waals surface area contributed by atoms with Crippen molar-refractivity contribution in [1.82, 2.24) is 9.80 Å². The standard InChI is InChI=1S/C25H24ClN3O7S2/c1-16(30)27-18-6-8-19(9-7-18)38(34,35)36-21-10-5-17(13-20(21)26)14-22-24(32)29(25(33)37-22)15-23(31)28-11-3-2-4-12-28/h5-10,13-14H,2-4,11-12,15H2,1H3,(H,27,30)/b22-14-. The average Bonchev–Trinajstić information content (AvgIpc) is 3.13. The Balaban J connectivity index is 1.44. The highest BCUT2D eigenvalue weighted by molar-refractivity contribution is 8.18. The molecule has 38 heavy (non-hydrogen) atoms. The number of rotatable bonds is 7. The predicted molar refractivity (Wildman–Crippen MR) is 143 cm³/mol. The highest BCUT2D eigenvalue weighted by Crippen LogP contribution is 2.34. The van der Waals surface area contributed by atoms with Crippen molar-refractivity contribution in [3.05, 3.63) is 58.0 Å². The van der Waals surface area contributed by atoms with Crippen LogP contribution in [0.2, 0.25) is 5.02 Å². The van der Waals surface area contributed by atoms with Gasteiger partial charge >= 0.3 is 10.1 Å². The van der Waals surface area contributed by atoms with Gasteiger partial charge in [0.05, 0.1) is 9.93 Å². The fourth-order valence-corrected chi connectivity index (χ4v) is 5.97. The lowest BCUT2D eigenvalue weighted by Crippen LogP contribution is -2.44. The Morgan fingerprint density at radius 3 is 2.39 bits per heavy atom. The molecule has 0 unspecified atom stereocenters. The van der Waals surface area contributed by atoms with Crippen LogP contribution in [0.25, 0.3) is 6.08 Å². The maximum absolute atomic E-state index is 12.8. The van der Waals surface area contributed by atoms with Crippen molar-refractivity contribution in [3.63, 3.8) is 0 Å². The zero-order valence-corrected chi connectivity index (χ0v) is 22.7. The van der Waals surface area contributed by atoms with Gasteiger partial charge in [0.1, 0.15) is 11.4 Å². The van der Waals surface area contributed by atoms with E-state index in [1.807, 2.05) is 0 Å². The number of hydrogen-bond acceptors (Lipinski definition) is 8. The van der Waals surface area contributed by atoms with Gasteiger partial charge < -0.3 is 14.4 Å². The van der Waals surface area contributed by atoms with Gasteiger partial charge in [-0.1, -0.05) is 17.7 Å². The molecular formula is C25H24ClN3O7S2. The highest BCUT2D eigenvalue weighted by Gasteiger charge is 2.37. The molecule has 0 spiro atoms. The Morgan fingerprint density at radius 1 is 1.08 bits per heavy atom. The molecule has 2 aromatic carbocycles. The van der Waals surface area contributed by atoms with Crippen LogP contribution >= 0.6 is 23.4 Å². The first-order chi connectivity index (χ1) is 18.0. The summed E-state index contributed by atoms with van der Waals surface area (Å²) in [6.07, 6.45) is 4.31. The van der Waals surface area contributed by atoms with E-state index in [1.165, 1.54) is 55.5 Å². The Bertz CT molecular complexity index is 1420. The summed E-state index contributed by atoms with van der Waals surface area (Å²) in [5.74, 6) is -1.26. The fourth-order valence-electron chi connectivity index (χ4n) is 3.92. The van der Waals surface area contributed by atoms with Crippen molar-refractivity contribution in [2.75, 3.05) is 25.0 Å². The van der Waals surface area contributed by atoms with Crippen molar-refractivity contribution in [1.29, 1.82) is 0 Å². The minimum atomic E-state index is -4.22.